The molecule has 6 aromatic rings. The van der Waals surface area contributed by atoms with Gasteiger partial charge in [0.25, 0.3) is 0 Å². The van der Waals surface area contributed by atoms with Crippen molar-refractivity contribution in [2.24, 2.45) is 5.41 Å². The maximum atomic E-state index is 10.2. The molecule has 0 bridgehead atoms. The number of hydrogen-bond donors (Lipinski definition) is 1. The van der Waals surface area contributed by atoms with E-state index >= 15 is 0 Å². The summed E-state index contributed by atoms with van der Waals surface area (Å²) in [5.41, 5.74) is 6.50. The molecule has 0 spiro atoms. The summed E-state index contributed by atoms with van der Waals surface area (Å²) in [5, 5.41) is 11.7. The first-order valence-corrected chi connectivity index (χ1v) is 23.5. The van der Waals surface area contributed by atoms with Gasteiger partial charge in [0.2, 0.25) is 0 Å². The molecule has 1 aliphatic heterocycles. The van der Waals surface area contributed by atoms with Crippen molar-refractivity contribution in [3.8, 4) is 0 Å². The van der Waals surface area contributed by atoms with Crippen LogP contribution in [0.2, 0.25) is 15.1 Å². The Kier molecular flexibility index (Phi) is 12.1. The lowest BCUT2D eigenvalue weighted by Crippen LogP contribution is -2.41. The zero-order valence-electron chi connectivity index (χ0n) is 48.4. The molecule has 2 nitrogen and oxygen atoms in total. The molecule has 1 saturated heterocycles. The number of hydrogen-bond acceptors (Lipinski definition) is 2. The zero-order chi connectivity index (χ0) is 55.4. The van der Waals surface area contributed by atoms with Gasteiger partial charge in [-0.3, -0.25) is 4.90 Å². The van der Waals surface area contributed by atoms with Crippen LogP contribution in [-0.4, -0.2) is 28.0 Å². The summed E-state index contributed by atoms with van der Waals surface area (Å²) in [6.45, 7) is 6.57. The molecule has 0 saturated carbocycles. The summed E-state index contributed by atoms with van der Waals surface area (Å²) < 4.78 is 120. The number of benzene rings is 6. The van der Waals surface area contributed by atoms with Crippen molar-refractivity contribution in [1.29, 1.82) is 0 Å². The Labute approximate surface area is 427 Å². The van der Waals surface area contributed by atoms with Gasteiger partial charge in [-0.25, -0.2) is 0 Å². The highest BCUT2D eigenvalue weighted by Crippen LogP contribution is 2.50. The number of rotatable bonds is 4. The number of aliphatic hydroxyl groups excluding tert-OH is 1. The average Bonchev–Trinajstić information content (AvgIpc) is 4.03. The number of nitrogens with zero attached hydrogens (tertiary/aromatic N) is 1. The van der Waals surface area contributed by atoms with Crippen molar-refractivity contribution >= 4 is 69.0 Å². The van der Waals surface area contributed by atoms with E-state index in [0.29, 0.717) is 44.6 Å². The Hall–Kier alpha value is -2.87. The van der Waals surface area contributed by atoms with Crippen molar-refractivity contribution in [2.45, 2.75) is 96.1 Å². The molecule has 62 heavy (non-hydrogen) atoms. The van der Waals surface area contributed by atoms with Crippen LogP contribution < -0.4 is 0 Å². The maximum Gasteiger partial charge on any atom is 0.0802 e. The molecule has 0 amide bonds. The third-order valence-corrected chi connectivity index (χ3v) is 12.8. The second-order valence-corrected chi connectivity index (χ2v) is 17.9. The van der Waals surface area contributed by atoms with Crippen LogP contribution in [0.3, 0.4) is 0 Å². The van der Waals surface area contributed by atoms with E-state index in [2.05, 4.69) is 41.3 Å². The van der Waals surface area contributed by atoms with Gasteiger partial charge in [0.1, 0.15) is 0 Å². The summed E-state index contributed by atoms with van der Waals surface area (Å²) >= 11 is 26.8. The molecule has 328 valence electrons. The SMILES string of the molecule is C.C.CI.[2H]c1c([2H])c([2H])c([C@@H]2C[C@@H](N3CCCC(C)(C)C3)c3cc(Cl)ccc32)c([2H])c1[2H].[2H]c1c([2H])c([2H])c([C@@H]2C[C@H](Cl)c3cc(Cl)ccc32)c([2H])c1[2H].[2H]c1c([2H])c([2H])c([C@@H]2C[C@H](O)c3cc(Cl)ccc32)c([2H])c1[2H]. The second-order valence-electron chi connectivity index (χ2n) is 16.0. The van der Waals surface area contributed by atoms with Crippen LogP contribution in [-0.2, 0) is 0 Å². The molecule has 0 aromatic heterocycles. The maximum absolute atomic E-state index is 10.2. The summed E-state index contributed by atoms with van der Waals surface area (Å²) in [6, 6.07) is 12.4. The van der Waals surface area contributed by atoms with Crippen molar-refractivity contribution < 1.29 is 25.7 Å². The van der Waals surface area contributed by atoms with E-state index in [-0.39, 0.29) is 140 Å². The number of halogens is 5. The van der Waals surface area contributed by atoms with Crippen molar-refractivity contribution in [3.63, 3.8) is 0 Å². The van der Waals surface area contributed by atoms with Crippen LogP contribution in [0, 0.1) is 5.41 Å². The number of likely N-dealkylation sites (tertiary alicyclic amines) is 1. The van der Waals surface area contributed by atoms with E-state index in [0.717, 1.165) is 47.3 Å². The Morgan fingerprint density at radius 1 is 0.581 bits per heavy atom. The summed E-state index contributed by atoms with van der Waals surface area (Å²) in [4.78, 5) is 4.46. The fourth-order valence-corrected chi connectivity index (χ4v) is 9.96. The first kappa shape index (κ1) is 32.7. The van der Waals surface area contributed by atoms with E-state index in [4.69, 9.17) is 67.0 Å². The fraction of sp³-hybridized carbons (Fsp3) is 0.345. The molecule has 1 heterocycles. The minimum Gasteiger partial charge on any atom is -0.388 e. The van der Waals surface area contributed by atoms with E-state index in [1.54, 1.807) is 30.3 Å². The van der Waals surface area contributed by atoms with Crippen LogP contribution >= 0.6 is 69.0 Å². The molecule has 1 N–H and O–H groups in total. The van der Waals surface area contributed by atoms with Crippen molar-refractivity contribution in [1.82, 2.24) is 4.90 Å². The molecule has 0 radical (unpaired) electrons. The lowest BCUT2D eigenvalue weighted by atomic mass is 9.83. The number of aliphatic hydroxyl groups is 1. The van der Waals surface area contributed by atoms with Crippen LogP contribution in [0.25, 0.3) is 0 Å². The highest BCUT2D eigenvalue weighted by molar-refractivity contribution is 14.1. The third kappa shape index (κ3) is 11.7. The Bertz CT molecular complexity index is 2980. The van der Waals surface area contributed by atoms with Crippen LogP contribution in [0.1, 0.15) is 167 Å². The van der Waals surface area contributed by atoms with Gasteiger partial charge >= 0.3 is 0 Å². The minimum atomic E-state index is -0.753. The van der Waals surface area contributed by atoms with Crippen LogP contribution in [0.4, 0.5) is 0 Å². The van der Waals surface area contributed by atoms with E-state index in [9.17, 15) is 5.11 Å². The number of fused-ring (bicyclic) bond motifs is 3. The van der Waals surface area contributed by atoms with Crippen LogP contribution in [0.5, 0.6) is 0 Å². The Balaban J connectivity index is 0.000000210. The molecule has 0 unspecified atom stereocenters. The highest BCUT2D eigenvalue weighted by atomic mass is 127. The number of alkyl halides is 2. The van der Waals surface area contributed by atoms with Crippen molar-refractivity contribution in [3.05, 3.63) is 210 Å². The van der Waals surface area contributed by atoms with Gasteiger partial charge in [-0.15, -0.1) is 11.6 Å². The third-order valence-electron chi connectivity index (χ3n) is 11.7. The first-order chi connectivity index (χ1) is 35.3. The highest BCUT2D eigenvalue weighted by Gasteiger charge is 2.39. The van der Waals surface area contributed by atoms with E-state index < -0.39 is 18.1 Å². The van der Waals surface area contributed by atoms with Gasteiger partial charge in [-0.2, -0.15) is 0 Å². The van der Waals surface area contributed by atoms with Gasteiger partial charge in [-0.05, 0) is 135 Å². The lowest BCUT2D eigenvalue weighted by Gasteiger charge is -2.41. The molecular formula is C55H62Cl4INO. The average molecular weight is 1040 g/mol. The quantitative estimate of drug-likeness (QED) is 0.140. The number of piperidine rings is 1. The minimum absolute atomic E-state index is 0. The molecule has 10 rings (SSSR count). The molecule has 6 atom stereocenters. The molecule has 4 aliphatic rings. The Morgan fingerprint density at radius 2 is 0.984 bits per heavy atom. The normalized spacial score (nSPS) is 26.0. The topological polar surface area (TPSA) is 23.5 Å². The van der Waals surface area contributed by atoms with Crippen LogP contribution in [0.15, 0.2) is 145 Å². The molecule has 1 fully saturated rings. The second kappa shape index (κ2) is 22.8. The summed E-state index contributed by atoms with van der Waals surface area (Å²) in [6.07, 6.45) is 3.06. The van der Waals surface area contributed by atoms with E-state index in [1.165, 1.54) is 6.42 Å². The largest absolute Gasteiger partial charge is 0.388 e. The zero-order valence-corrected chi connectivity index (χ0v) is 38.6. The molecule has 6 aromatic carbocycles. The fourth-order valence-electron chi connectivity index (χ4n) is 9.05. The molecule has 3 aliphatic carbocycles. The van der Waals surface area contributed by atoms with Gasteiger partial charge in [0.15, 0.2) is 0 Å². The molecule has 7 heteroatoms. The smallest absolute Gasteiger partial charge is 0.0802 e. The van der Waals surface area contributed by atoms with Gasteiger partial charge in [0.05, 0.1) is 32.0 Å². The Morgan fingerprint density at radius 3 is 1.47 bits per heavy atom. The van der Waals surface area contributed by atoms with Gasteiger partial charge in [-0.1, -0.05) is 195 Å². The predicted molar refractivity (Wildman–Crippen MR) is 277 cm³/mol. The standard InChI is InChI=1S/C22H26ClN.C15H12Cl2.C15H13ClO.CH3I.2CH4/c1-22(2)11-6-12-24(15-22)21-14-19(16-7-4-3-5-8-16)18-10-9-17(23)13-20(18)21;2*16-11-6-7-12-13(9-15(17)14(12)8-11)10-4-2-1-3-5-10;1-2;;/h3-5,7-10,13,19,21H,6,11-12,14-15H2,1-2H3;1-8,13,15H,9H2;1-8,13,15,17H,9H2;1H3;2*1H4/t19-,21+;2*13-,15-;;;/m000.../s1/i3D,4D,5D,7D,8D;2*1D,2D,3D,4D,5D;;;. The van der Waals surface area contributed by atoms with E-state index in [1.807, 2.05) is 29.2 Å². The lowest BCUT2D eigenvalue weighted by molar-refractivity contribution is 0.0769. The summed E-state index contributed by atoms with van der Waals surface area (Å²) in [7, 11) is 0. The summed E-state index contributed by atoms with van der Waals surface area (Å²) in [5.74, 6) is -0.981. The van der Waals surface area contributed by atoms with Gasteiger partial charge in [0, 0.05) is 45.4 Å². The molecular weight excluding hydrogens is 959 g/mol. The van der Waals surface area contributed by atoms with Crippen molar-refractivity contribution in [2.75, 3.05) is 18.0 Å². The monoisotopic (exact) mass is 1030 g/mol. The first-order valence-electron chi connectivity index (χ1n) is 27.3. The van der Waals surface area contributed by atoms with Gasteiger partial charge < -0.3 is 5.11 Å². The predicted octanol–water partition coefficient (Wildman–Crippen LogP) is 17.4.